The van der Waals surface area contributed by atoms with E-state index in [0.29, 0.717) is 23.7 Å². The van der Waals surface area contributed by atoms with Gasteiger partial charge in [-0.1, -0.05) is 0 Å². The number of aliphatic hydroxyl groups excluding tert-OH is 1. The molecular weight excluding hydrogens is 238 g/mol. The molecule has 0 fully saturated rings. The number of hydrogen-bond acceptors (Lipinski definition) is 5. The lowest BCUT2D eigenvalue weighted by atomic mass is 10.2. The summed E-state index contributed by atoms with van der Waals surface area (Å²) in [5.74, 6) is 1.38. The predicted octanol–water partition coefficient (Wildman–Crippen LogP) is 2.22. The van der Waals surface area contributed by atoms with Crippen LogP contribution in [0.2, 0.25) is 0 Å². The third-order valence-corrected chi connectivity index (χ3v) is 3.04. The predicted molar refractivity (Wildman–Crippen MR) is 65.4 cm³/mol. The second kappa shape index (κ2) is 5.65. The summed E-state index contributed by atoms with van der Waals surface area (Å²) < 4.78 is 10.7. The second-order valence-electron chi connectivity index (χ2n) is 3.39. The Morgan fingerprint density at radius 1 is 1.41 bits per heavy atom. The Kier molecular flexibility index (Phi) is 3.95. The maximum Gasteiger partial charge on any atom is 0.125 e. The highest BCUT2D eigenvalue weighted by Gasteiger charge is 2.05. The van der Waals surface area contributed by atoms with Crippen molar-refractivity contribution < 1.29 is 14.6 Å². The number of aliphatic hydroxyl groups is 1. The van der Waals surface area contributed by atoms with Crippen LogP contribution in [0.3, 0.4) is 0 Å². The molecule has 0 unspecified atom stereocenters. The van der Waals surface area contributed by atoms with Crippen molar-refractivity contribution in [2.75, 3.05) is 7.11 Å². The van der Waals surface area contributed by atoms with Gasteiger partial charge in [0.05, 0.1) is 24.1 Å². The first-order valence-electron chi connectivity index (χ1n) is 5.11. The van der Waals surface area contributed by atoms with E-state index in [0.717, 1.165) is 4.88 Å². The van der Waals surface area contributed by atoms with Crippen LogP contribution >= 0.6 is 11.3 Å². The minimum Gasteiger partial charge on any atom is -0.497 e. The van der Waals surface area contributed by atoms with Crippen LogP contribution in [0.15, 0.2) is 29.9 Å². The molecule has 0 aliphatic rings. The standard InChI is InChI=1S/C12H13NO3S/c1-15-10-2-3-12(9(4-10)6-14)16-7-11-5-13-8-17-11/h2-5,8,14H,6-7H2,1H3. The summed E-state index contributed by atoms with van der Waals surface area (Å²) in [5, 5.41) is 9.25. The first-order chi connectivity index (χ1) is 8.33. The van der Waals surface area contributed by atoms with Crippen LogP contribution < -0.4 is 9.47 Å². The third-order valence-electron chi connectivity index (χ3n) is 2.29. The van der Waals surface area contributed by atoms with Crippen LogP contribution in [-0.4, -0.2) is 17.2 Å². The van der Waals surface area contributed by atoms with Gasteiger partial charge in [0.25, 0.3) is 0 Å². The van der Waals surface area contributed by atoms with Crippen molar-refractivity contribution in [3.8, 4) is 11.5 Å². The van der Waals surface area contributed by atoms with Gasteiger partial charge in [-0.3, -0.25) is 4.98 Å². The minimum absolute atomic E-state index is 0.0742. The normalized spacial score (nSPS) is 10.2. The van der Waals surface area contributed by atoms with Crippen molar-refractivity contribution in [2.45, 2.75) is 13.2 Å². The Morgan fingerprint density at radius 3 is 2.94 bits per heavy atom. The van der Waals surface area contributed by atoms with Gasteiger partial charge in [-0.15, -0.1) is 11.3 Å². The van der Waals surface area contributed by atoms with Crippen LogP contribution in [0.5, 0.6) is 11.5 Å². The van der Waals surface area contributed by atoms with E-state index >= 15 is 0 Å². The summed E-state index contributed by atoms with van der Waals surface area (Å²) in [6.45, 7) is 0.388. The summed E-state index contributed by atoms with van der Waals surface area (Å²) in [6.07, 6.45) is 1.77. The molecule has 90 valence electrons. The van der Waals surface area contributed by atoms with Gasteiger partial charge in [0, 0.05) is 11.8 Å². The molecule has 0 aliphatic carbocycles. The molecule has 0 spiro atoms. The topological polar surface area (TPSA) is 51.6 Å². The number of hydrogen-bond donors (Lipinski definition) is 1. The summed E-state index contributed by atoms with van der Waals surface area (Å²) >= 11 is 1.54. The van der Waals surface area contributed by atoms with E-state index in [1.54, 1.807) is 37.0 Å². The molecule has 4 nitrogen and oxygen atoms in total. The van der Waals surface area contributed by atoms with E-state index in [9.17, 15) is 5.11 Å². The SMILES string of the molecule is COc1ccc(OCc2cncs2)c(CO)c1. The Hall–Kier alpha value is -1.59. The number of nitrogens with zero attached hydrogens (tertiary/aromatic N) is 1. The molecule has 0 saturated heterocycles. The highest BCUT2D eigenvalue weighted by molar-refractivity contribution is 7.09. The molecular formula is C12H13NO3S. The summed E-state index contributed by atoms with van der Waals surface area (Å²) in [6, 6.07) is 5.37. The van der Waals surface area contributed by atoms with E-state index in [-0.39, 0.29) is 6.61 Å². The van der Waals surface area contributed by atoms with Crippen molar-refractivity contribution in [1.29, 1.82) is 0 Å². The fourth-order valence-corrected chi connectivity index (χ4v) is 1.92. The molecule has 1 N–H and O–H groups in total. The van der Waals surface area contributed by atoms with Gasteiger partial charge in [-0.2, -0.15) is 0 Å². The number of aromatic nitrogens is 1. The van der Waals surface area contributed by atoms with Crippen LogP contribution in [-0.2, 0) is 13.2 Å². The summed E-state index contributed by atoms with van der Waals surface area (Å²) in [4.78, 5) is 5.02. The molecule has 1 aromatic heterocycles. The van der Waals surface area contributed by atoms with E-state index < -0.39 is 0 Å². The van der Waals surface area contributed by atoms with Gasteiger partial charge in [-0.05, 0) is 18.2 Å². The molecule has 1 aromatic carbocycles. The zero-order valence-corrected chi connectivity index (χ0v) is 10.2. The number of thiazole rings is 1. The first-order valence-corrected chi connectivity index (χ1v) is 5.99. The highest BCUT2D eigenvalue weighted by Crippen LogP contribution is 2.25. The second-order valence-corrected chi connectivity index (χ2v) is 4.36. The van der Waals surface area contributed by atoms with Crippen LogP contribution in [0.25, 0.3) is 0 Å². The van der Waals surface area contributed by atoms with Crippen molar-refractivity contribution in [2.24, 2.45) is 0 Å². The van der Waals surface area contributed by atoms with Crippen molar-refractivity contribution >= 4 is 11.3 Å². The number of rotatable bonds is 5. The Labute approximate surface area is 103 Å². The zero-order chi connectivity index (χ0) is 12.1. The number of benzene rings is 1. The lowest BCUT2D eigenvalue weighted by Crippen LogP contribution is -1.98. The minimum atomic E-state index is -0.0742. The summed E-state index contributed by atoms with van der Waals surface area (Å²) in [7, 11) is 1.59. The molecule has 0 atom stereocenters. The van der Waals surface area contributed by atoms with E-state index in [1.165, 1.54) is 11.3 Å². The van der Waals surface area contributed by atoms with Crippen LogP contribution in [0.1, 0.15) is 10.4 Å². The molecule has 0 saturated carbocycles. The number of methoxy groups -OCH3 is 1. The molecule has 0 radical (unpaired) electrons. The Balaban J connectivity index is 2.09. The zero-order valence-electron chi connectivity index (χ0n) is 9.42. The van der Waals surface area contributed by atoms with E-state index in [2.05, 4.69) is 4.98 Å². The molecule has 17 heavy (non-hydrogen) atoms. The fourth-order valence-electron chi connectivity index (χ4n) is 1.41. The Bertz CT molecular complexity index is 471. The average molecular weight is 251 g/mol. The average Bonchev–Trinajstić information content (AvgIpc) is 2.89. The lowest BCUT2D eigenvalue weighted by molar-refractivity contribution is 0.259. The quantitative estimate of drug-likeness (QED) is 0.885. The smallest absolute Gasteiger partial charge is 0.125 e. The Morgan fingerprint density at radius 2 is 2.29 bits per heavy atom. The van der Waals surface area contributed by atoms with Gasteiger partial charge in [-0.25, -0.2) is 0 Å². The third kappa shape index (κ3) is 2.95. The summed E-state index contributed by atoms with van der Waals surface area (Å²) in [5.41, 5.74) is 2.48. The van der Waals surface area contributed by atoms with Gasteiger partial charge >= 0.3 is 0 Å². The lowest BCUT2D eigenvalue weighted by Gasteiger charge is -2.10. The molecule has 2 aromatic rings. The van der Waals surface area contributed by atoms with Crippen LogP contribution in [0, 0.1) is 0 Å². The van der Waals surface area contributed by atoms with E-state index in [4.69, 9.17) is 9.47 Å². The van der Waals surface area contributed by atoms with Crippen molar-refractivity contribution in [3.05, 3.63) is 40.3 Å². The first kappa shape index (κ1) is 11.9. The van der Waals surface area contributed by atoms with Gasteiger partial charge < -0.3 is 14.6 Å². The molecule has 0 amide bonds. The molecule has 0 bridgehead atoms. The molecule has 5 heteroatoms. The molecule has 2 rings (SSSR count). The van der Waals surface area contributed by atoms with E-state index in [1.807, 2.05) is 0 Å². The monoisotopic (exact) mass is 251 g/mol. The van der Waals surface area contributed by atoms with Crippen molar-refractivity contribution in [3.63, 3.8) is 0 Å². The van der Waals surface area contributed by atoms with Gasteiger partial charge in [0.1, 0.15) is 18.1 Å². The fraction of sp³-hybridized carbons (Fsp3) is 0.250. The number of ether oxygens (including phenoxy) is 2. The molecule has 0 aliphatic heterocycles. The van der Waals surface area contributed by atoms with Gasteiger partial charge in [0.15, 0.2) is 0 Å². The molecule has 1 heterocycles. The van der Waals surface area contributed by atoms with Crippen molar-refractivity contribution in [1.82, 2.24) is 4.98 Å². The maximum atomic E-state index is 9.25. The largest absolute Gasteiger partial charge is 0.497 e. The maximum absolute atomic E-state index is 9.25. The van der Waals surface area contributed by atoms with Gasteiger partial charge in [0.2, 0.25) is 0 Å². The highest BCUT2D eigenvalue weighted by atomic mass is 32.1. The van der Waals surface area contributed by atoms with Crippen LogP contribution in [0.4, 0.5) is 0 Å².